The molecule has 3 rings (SSSR count). The number of likely N-dealkylation sites (tertiary alicyclic amines) is 1. The van der Waals surface area contributed by atoms with E-state index in [4.69, 9.17) is 0 Å². The number of piperidine rings is 1. The Morgan fingerprint density at radius 2 is 2.15 bits per heavy atom. The molecule has 136 valence electrons. The molecule has 0 saturated carbocycles. The lowest BCUT2D eigenvalue weighted by Crippen LogP contribution is -2.49. The van der Waals surface area contributed by atoms with E-state index >= 15 is 0 Å². The molecular formula is C16H17N5O5. The fourth-order valence-corrected chi connectivity index (χ4v) is 3.14. The summed E-state index contributed by atoms with van der Waals surface area (Å²) in [6, 6.07) is 5.36. The predicted molar refractivity (Wildman–Crippen MR) is 88.9 cm³/mol. The first-order valence-corrected chi connectivity index (χ1v) is 8.09. The minimum atomic E-state index is -0.921. The van der Waals surface area contributed by atoms with Crippen molar-refractivity contribution in [2.75, 3.05) is 6.54 Å². The molecule has 1 aliphatic rings. The Labute approximate surface area is 148 Å². The summed E-state index contributed by atoms with van der Waals surface area (Å²) < 4.78 is 1.28. The zero-order chi connectivity index (χ0) is 18.8. The topological polar surface area (TPSA) is 131 Å². The number of hydrogen-bond donors (Lipinski definition) is 1. The highest BCUT2D eigenvalue weighted by Crippen LogP contribution is 2.25. The van der Waals surface area contributed by atoms with E-state index in [1.54, 1.807) is 13.0 Å². The molecule has 1 aromatic heterocycles. The number of carboxylic acids is 1. The Balaban J connectivity index is 1.83. The summed E-state index contributed by atoms with van der Waals surface area (Å²) in [5, 5.41) is 27.9. The van der Waals surface area contributed by atoms with Crippen molar-refractivity contribution >= 4 is 17.6 Å². The quantitative estimate of drug-likeness (QED) is 0.646. The highest BCUT2D eigenvalue weighted by Gasteiger charge is 2.36. The molecule has 0 radical (unpaired) electrons. The first-order chi connectivity index (χ1) is 12.4. The second kappa shape index (κ2) is 6.90. The van der Waals surface area contributed by atoms with Gasteiger partial charge in [-0.2, -0.15) is 0 Å². The Hall–Kier alpha value is -3.30. The van der Waals surface area contributed by atoms with Crippen LogP contribution in [0.25, 0.3) is 5.69 Å². The van der Waals surface area contributed by atoms with Gasteiger partial charge in [0.2, 0.25) is 0 Å². The first kappa shape index (κ1) is 17.5. The van der Waals surface area contributed by atoms with Crippen LogP contribution in [0.5, 0.6) is 0 Å². The Morgan fingerprint density at radius 3 is 2.85 bits per heavy atom. The highest BCUT2D eigenvalue weighted by molar-refractivity contribution is 5.92. The molecule has 0 aliphatic carbocycles. The molecule has 10 nitrogen and oxygen atoms in total. The van der Waals surface area contributed by atoms with E-state index in [1.807, 2.05) is 0 Å². The number of nitro benzene ring substituents is 1. The molecule has 2 atom stereocenters. The van der Waals surface area contributed by atoms with Crippen molar-refractivity contribution in [1.82, 2.24) is 19.9 Å². The molecule has 1 amide bonds. The number of aromatic nitrogens is 3. The monoisotopic (exact) mass is 359 g/mol. The fraction of sp³-hybridized carbons (Fsp3) is 0.375. The van der Waals surface area contributed by atoms with Gasteiger partial charge in [0.15, 0.2) is 5.69 Å². The third kappa shape index (κ3) is 3.25. The summed E-state index contributed by atoms with van der Waals surface area (Å²) in [5.41, 5.74) is 0.370. The zero-order valence-electron chi connectivity index (χ0n) is 14.0. The number of carboxylic acid groups (broad SMARTS) is 1. The molecule has 0 bridgehead atoms. The second-order valence-electron chi connectivity index (χ2n) is 6.15. The van der Waals surface area contributed by atoms with Crippen LogP contribution < -0.4 is 0 Å². The third-order valence-corrected chi connectivity index (χ3v) is 4.58. The first-order valence-electron chi connectivity index (χ1n) is 8.09. The lowest BCUT2D eigenvalue weighted by molar-refractivity contribution is -0.384. The van der Waals surface area contributed by atoms with Gasteiger partial charge in [-0.3, -0.25) is 19.7 Å². The zero-order valence-corrected chi connectivity index (χ0v) is 14.0. The van der Waals surface area contributed by atoms with Gasteiger partial charge in [-0.05, 0) is 25.8 Å². The number of nitro groups is 1. The second-order valence-corrected chi connectivity index (χ2v) is 6.15. The van der Waals surface area contributed by atoms with E-state index < -0.39 is 28.8 Å². The number of hydrogen-bond acceptors (Lipinski definition) is 6. The fourth-order valence-electron chi connectivity index (χ4n) is 3.14. The summed E-state index contributed by atoms with van der Waals surface area (Å²) in [5.74, 6) is -1.94. The van der Waals surface area contributed by atoms with E-state index in [0.29, 0.717) is 25.1 Å². The molecule has 0 spiro atoms. The smallest absolute Gasteiger partial charge is 0.308 e. The standard InChI is InChI=1S/C16H17N5O5/c1-10-13(16(23)24)6-3-7-19(10)15(22)14-9-20(18-17-14)11-4-2-5-12(8-11)21(25)26/h2,4-5,8-10,13H,3,6-7H2,1H3,(H,23,24)/t10-,13-/m1/s1. The molecular weight excluding hydrogens is 342 g/mol. The van der Waals surface area contributed by atoms with Gasteiger partial charge in [0.1, 0.15) is 0 Å². The molecule has 1 saturated heterocycles. The number of amides is 1. The van der Waals surface area contributed by atoms with E-state index in [0.717, 1.165) is 0 Å². The molecule has 2 aromatic rings. The number of non-ortho nitro benzene ring substituents is 1. The minimum absolute atomic E-state index is 0.0643. The Kier molecular flexibility index (Phi) is 4.65. The van der Waals surface area contributed by atoms with Crippen molar-refractivity contribution in [1.29, 1.82) is 0 Å². The van der Waals surface area contributed by atoms with Crippen molar-refractivity contribution in [3.63, 3.8) is 0 Å². The van der Waals surface area contributed by atoms with Crippen LogP contribution in [-0.2, 0) is 4.79 Å². The van der Waals surface area contributed by atoms with Crippen molar-refractivity contribution in [3.8, 4) is 5.69 Å². The van der Waals surface area contributed by atoms with Crippen LogP contribution in [0.2, 0.25) is 0 Å². The minimum Gasteiger partial charge on any atom is -0.481 e. The Bertz CT molecular complexity index is 864. The van der Waals surface area contributed by atoms with Crippen LogP contribution >= 0.6 is 0 Å². The van der Waals surface area contributed by atoms with Gasteiger partial charge >= 0.3 is 5.97 Å². The lowest BCUT2D eigenvalue weighted by atomic mass is 9.90. The maximum Gasteiger partial charge on any atom is 0.308 e. The molecule has 1 aromatic carbocycles. The molecule has 1 N–H and O–H groups in total. The van der Waals surface area contributed by atoms with Gasteiger partial charge in [-0.1, -0.05) is 11.3 Å². The van der Waals surface area contributed by atoms with Crippen LogP contribution in [0.1, 0.15) is 30.3 Å². The maximum atomic E-state index is 12.7. The lowest BCUT2D eigenvalue weighted by Gasteiger charge is -2.36. The normalized spacial score (nSPS) is 20.0. The maximum absolute atomic E-state index is 12.7. The number of nitrogens with zero attached hydrogens (tertiary/aromatic N) is 5. The number of benzene rings is 1. The van der Waals surface area contributed by atoms with Gasteiger partial charge < -0.3 is 10.0 Å². The van der Waals surface area contributed by atoms with Crippen LogP contribution in [0.15, 0.2) is 30.5 Å². The van der Waals surface area contributed by atoms with Gasteiger partial charge in [-0.25, -0.2) is 4.68 Å². The molecule has 10 heteroatoms. The van der Waals surface area contributed by atoms with E-state index in [9.17, 15) is 24.8 Å². The van der Waals surface area contributed by atoms with Gasteiger partial charge in [-0.15, -0.1) is 5.10 Å². The van der Waals surface area contributed by atoms with Crippen LogP contribution in [0.3, 0.4) is 0 Å². The van der Waals surface area contributed by atoms with Gasteiger partial charge in [0.05, 0.1) is 22.7 Å². The molecule has 1 aliphatic heterocycles. The molecule has 2 heterocycles. The molecule has 0 unspecified atom stereocenters. The SMILES string of the molecule is C[C@@H]1[C@H](C(=O)O)CCCN1C(=O)c1cn(-c2cccc([N+](=O)[O-])c2)nn1. The summed E-state index contributed by atoms with van der Waals surface area (Å²) in [6.07, 6.45) is 2.52. The van der Waals surface area contributed by atoms with Crippen LogP contribution in [-0.4, -0.2) is 54.4 Å². The average Bonchev–Trinajstić information content (AvgIpc) is 3.11. The van der Waals surface area contributed by atoms with Crippen molar-refractivity contribution < 1.29 is 19.6 Å². The summed E-state index contributed by atoms with van der Waals surface area (Å²) in [7, 11) is 0. The highest BCUT2D eigenvalue weighted by atomic mass is 16.6. The van der Waals surface area contributed by atoms with Crippen LogP contribution in [0.4, 0.5) is 5.69 Å². The number of carbonyl (C=O) groups excluding carboxylic acids is 1. The van der Waals surface area contributed by atoms with E-state index in [2.05, 4.69) is 10.3 Å². The van der Waals surface area contributed by atoms with E-state index in [1.165, 1.54) is 34.0 Å². The largest absolute Gasteiger partial charge is 0.481 e. The number of rotatable bonds is 4. The van der Waals surface area contributed by atoms with Gasteiger partial charge in [0.25, 0.3) is 11.6 Å². The number of carbonyl (C=O) groups is 2. The Morgan fingerprint density at radius 1 is 1.38 bits per heavy atom. The summed E-state index contributed by atoms with van der Waals surface area (Å²) >= 11 is 0. The van der Waals surface area contributed by atoms with Gasteiger partial charge in [0, 0.05) is 24.7 Å². The molecule has 1 fully saturated rings. The van der Waals surface area contributed by atoms with Crippen molar-refractivity contribution in [3.05, 3.63) is 46.3 Å². The van der Waals surface area contributed by atoms with E-state index in [-0.39, 0.29) is 11.4 Å². The van der Waals surface area contributed by atoms with Crippen molar-refractivity contribution in [2.45, 2.75) is 25.8 Å². The number of aliphatic carboxylic acids is 1. The van der Waals surface area contributed by atoms with Crippen LogP contribution in [0, 0.1) is 16.0 Å². The van der Waals surface area contributed by atoms with Crippen molar-refractivity contribution in [2.24, 2.45) is 5.92 Å². The third-order valence-electron chi connectivity index (χ3n) is 4.58. The average molecular weight is 359 g/mol. The summed E-state index contributed by atoms with van der Waals surface area (Å²) in [4.78, 5) is 35.9. The summed E-state index contributed by atoms with van der Waals surface area (Å²) in [6.45, 7) is 2.16. The molecule has 26 heavy (non-hydrogen) atoms. The predicted octanol–water partition coefficient (Wildman–Crippen LogP) is 1.50.